The van der Waals surface area contributed by atoms with Gasteiger partial charge in [-0.15, -0.1) is 0 Å². The Kier molecular flexibility index (Phi) is 7.71. The van der Waals surface area contributed by atoms with Gasteiger partial charge in [-0.3, -0.25) is 9.69 Å². The van der Waals surface area contributed by atoms with Crippen LogP contribution in [0.15, 0.2) is 35.5 Å². The van der Waals surface area contributed by atoms with Crippen molar-refractivity contribution in [2.75, 3.05) is 19.0 Å². The molecule has 0 radical (unpaired) electrons. The minimum atomic E-state index is -0.636. The van der Waals surface area contributed by atoms with E-state index >= 15 is 0 Å². The van der Waals surface area contributed by atoms with Crippen LogP contribution in [0.3, 0.4) is 0 Å². The summed E-state index contributed by atoms with van der Waals surface area (Å²) in [6, 6.07) is 6.40. The van der Waals surface area contributed by atoms with Crippen LogP contribution in [-0.2, 0) is 14.3 Å². The molecule has 168 valence electrons. The van der Waals surface area contributed by atoms with E-state index in [1.807, 2.05) is 31.2 Å². The molecule has 1 aromatic rings. The van der Waals surface area contributed by atoms with E-state index in [0.29, 0.717) is 35.8 Å². The zero-order valence-corrected chi connectivity index (χ0v) is 18.7. The maximum absolute atomic E-state index is 12.7. The van der Waals surface area contributed by atoms with Crippen LogP contribution < -0.4 is 10.6 Å². The summed E-state index contributed by atoms with van der Waals surface area (Å²) in [6.07, 6.45) is 7.19. The average Bonchev–Trinajstić information content (AvgIpc) is 3.28. The zero-order chi connectivity index (χ0) is 22.4. The van der Waals surface area contributed by atoms with Crippen molar-refractivity contribution in [1.29, 1.82) is 0 Å². The smallest absolute Gasteiger partial charge is 0.337 e. The summed E-state index contributed by atoms with van der Waals surface area (Å²) >= 11 is 0. The number of nitrogens with one attached hydrogen (secondary N) is 2. The molecule has 0 saturated heterocycles. The Balaban J connectivity index is 1.78. The maximum Gasteiger partial charge on any atom is 0.337 e. The van der Waals surface area contributed by atoms with Crippen molar-refractivity contribution in [3.63, 3.8) is 0 Å². The van der Waals surface area contributed by atoms with Crippen LogP contribution in [-0.4, -0.2) is 36.5 Å². The van der Waals surface area contributed by atoms with E-state index in [9.17, 15) is 14.4 Å². The Labute approximate surface area is 184 Å². The molecule has 0 aromatic heterocycles. The number of esters is 1. The first-order chi connectivity index (χ1) is 14.9. The predicted octanol–water partition coefficient (Wildman–Crippen LogP) is 4.52. The second-order valence-electron chi connectivity index (χ2n) is 8.39. The van der Waals surface area contributed by atoms with Gasteiger partial charge in [0.1, 0.15) is 0 Å². The van der Waals surface area contributed by atoms with Crippen molar-refractivity contribution in [1.82, 2.24) is 10.2 Å². The number of methoxy groups -OCH3 is 1. The molecule has 2 N–H and O–H groups in total. The standard InChI is InChI=1S/C24H33N3O4/c1-4-14-27-16(2)21(23(29)31-3)22(26-24(27)30)18-10-7-11-19(15-18)25-20(28)13-12-17-8-5-6-9-17/h7,10-11,15,17,22H,4-6,8-9,12-14H2,1-3H3,(H,25,28)(H,26,30). The van der Waals surface area contributed by atoms with E-state index < -0.39 is 12.0 Å². The third-order valence-corrected chi connectivity index (χ3v) is 6.21. The number of urea groups is 1. The van der Waals surface area contributed by atoms with Crippen molar-refractivity contribution in [2.24, 2.45) is 5.92 Å². The fourth-order valence-electron chi connectivity index (χ4n) is 4.55. The highest BCUT2D eigenvalue weighted by atomic mass is 16.5. The molecule has 31 heavy (non-hydrogen) atoms. The molecule has 1 atom stereocenters. The third kappa shape index (κ3) is 5.46. The molecule has 1 heterocycles. The van der Waals surface area contributed by atoms with Crippen LogP contribution in [0.5, 0.6) is 0 Å². The molecule has 3 rings (SSSR count). The van der Waals surface area contributed by atoms with Gasteiger partial charge in [-0.2, -0.15) is 0 Å². The van der Waals surface area contributed by atoms with Gasteiger partial charge in [-0.05, 0) is 43.4 Å². The number of carbonyl (C=O) groups is 3. The summed E-state index contributed by atoms with van der Waals surface area (Å²) in [6.45, 7) is 4.26. The van der Waals surface area contributed by atoms with Gasteiger partial charge in [-0.1, -0.05) is 44.7 Å². The summed E-state index contributed by atoms with van der Waals surface area (Å²) in [5, 5.41) is 5.88. The molecule has 7 heteroatoms. The minimum absolute atomic E-state index is 0.00855. The summed E-state index contributed by atoms with van der Waals surface area (Å²) in [7, 11) is 1.33. The van der Waals surface area contributed by atoms with E-state index in [1.165, 1.54) is 32.8 Å². The zero-order valence-electron chi connectivity index (χ0n) is 18.7. The second kappa shape index (κ2) is 10.5. The fraction of sp³-hybridized carbons (Fsp3) is 0.542. The Morgan fingerprint density at radius 2 is 2.00 bits per heavy atom. The molecule has 0 spiro atoms. The minimum Gasteiger partial charge on any atom is -0.466 e. The largest absolute Gasteiger partial charge is 0.466 e. The molecular weight excluding hydrogens is 394 g/mol. The molecular formula is C24H33N3O4. The number of allylic oxidation sites excluding steroid dienone is 1. The number of hydrogen-bond donors (Lipinski definition) is 2. The topological polar surface area (TPSA) is 87.7 Å². The first kappa shape index (κ1) is 22.8. The molecule has 3 amide bonds. The number of amides is 3. The number of ether oxygens (including phenoxy) is 1. The van der Waals surface area contributed by atoms with Crippen LogP contribution in [0, 0.1) is 5.92 Å². The molecule has 1 aromatic carbocycles. The van der Waals surface area contributed by atoms with Gasteiger partial charge in [0.25, 0.3) is 0 Å². The number of rotatable bonds is 8. The first-order valence-corrected chi connectivity index (χ1v) is 11.2. The van der Waals surface area contributed by atoms with Crippen LogP contribution in [0.4, 0.5) is 10.5 Å². The lowest BCUT2D eigenvalue weighted by molar-refractivity contribution is -0.136. The molecule has 1 aliphatic carbocycles. The van der Waals surface area contributed by atoms with Crippen LogP contribution in [0.2, 0.25) is 0 Å². The Morgan fingerprint density at radius 1 is 1.26 bits per heavy atom. The normalized spacial score (nSPS) is 19.4. The van der Waals surface area contributed by atoms with E-state index in [2.05, 4.69) is 10.6 Å². The highest BCUT2D eigenvalue weighted by Crippen LogP contribution is 2.33. The molecule has 2 aliphatic rings. The monoisotopic (exact) mass is 427 g/mol. The van der Waals surface area contributed by atoms with Gasteiger partial charge < -0.3 is 15.4 Å². The van der Waals surface area contributed by atoms with Crippen LogP contribution >= 0.6 is 0 Å². The number of carbonyl (C=O) groups excluding carboxylic acids is 3. The number of nitrogens with zero attached hydrogens (tertiary/aromatic N) is 1. The maximum atomic E-state index is 12.7. The Bertz CT molecular complexity index is 858. The highest BCUT2D eigenvalue weighted by Gasteiger charge is 2.36. The summed E-state index contributed by atoms with van der Waals surface area (Å²) in [4.78, 5) is 39.2. The molecule has 0 bridgehead atoms. The molecule has 7 nitrogen and oxygen atoms in total. The van der Waals surface area contributed by atoms with Crippen molar-refractivity contribution < 1.29 is 19.1 Å². The predicted molar refractivity (Wildman–Crippen MR) is 119 cm³/mol. The molecule has 1 saturated carbocycles. The number of anilines is 1. The summed E-state index contributed by atoms with van der Waals surface area (Å²) in [5.41, 5.74) is 2.37. The second-order valence-corrected chi connectivity index (χ2v) is 8.39. The van der Waals surface area contributed by atoms with Crippen molar-refractivity contribution >= 4 is 23.6 Å². The quantitative estimate of drug-likeness (QED) is 0.597. The van der Waals surface area contributed by atoms with Gasteiger partial charge in [0.15, 0.2) is 0 Å². The van der Waals surface area contributed by atoms with Crippen LogP contribution in [0.1, 0.15) is 70.4 Å². The van der Waals surface area contributed by atoms with Crippen molar-refractivity contribution in [2.45, 2.75) is 64.8 Å². The summed E-state index contributed by atoms with van der Waals surface area (Å²) < 4.78 is 5.00. The van der Waals surface area contributed by atoms with E-state index in [4.69, 9.17) is 4.74 Å². The van der Waals surface area contributed by atoms with E-state index in [0.717, 1.165) is 18.4 Å². The van der Waals surface area contributed by atoms with Gasteiger partial charge in [0.05, 0.1) is 18.7 Å². The third-order valence-electron chi connectivity index (χ3n) is 6.21. The van der Waals surface area contributed by atoms with Gasteiger partial charge in [0, 0.05) is 24.4 Å². The Morgan fingerprint density at radius 3 is 2.68 bits per heavy atom. The lowest BCUT2D eigenvalue weighted by Gasteiger charge is -2.35. The fourth-order valence-corrected chi connectivity index (χ4v) is 4.55. The molecule has 1 unspecified atom stereocenters. The average molecular weight is 428 g/mol. The van der Waals surface area contributed by atoms with E-state index in [1.54, 1.807) is 11.8 Å². The number of benzene rings is 1. The van der Waals surface area contributed by atoms with Crippen LogP contribution in [0.25, 0.3) is 0 Å². The van der Waals surface area contributed by atoms with Gasteiger partial charge in [-0.25, -0.2) is 9.59 Å². The van der Waals surface area contributed by atoms with E-state index in [-0.39, 0.29) is 11.9 Å². The lowest BCUT2D eigenvalue weighted by atomic mass is 9.94. The molecule has 1 fully saturated rings. The number of hydrogen-bond acceptors (Lipinski definition) is 4. The highest BCUT2D eigenvalue weighted by molar-refractivity contribution is 5.95. The summed E-state index contributed by atoms with van der Waals surface area (Å²) in [5.74, 6) is 0.177. The molecule has 1 aliphatic heterocycles. The first-order valence-electron chi connectivity index (χ1n) is 11.2. The Hall–Kier alpha value is -2.83. The van der Waals surface area contributed by atoms with Crippen molar-refractivity contribution in [3.8, 4) is 0 Å². The van der Waals surface area contributed by atoms with Crippen molar-refractivity contribution in [3.05, 3.63) is 41.1 Å². The SMILES string of the molecule is CCCN1C(=O)NC(c2cccc(NC(=O)CCC3CCCC3)c2)C(C(=O)OC)=C1C. The lowest BCUT2D eigenvalue weighted by Crippen LogP contribution is -2.48. The van der Waals surface area contributed by atoms with Gasteiger partial charge >= 0.3 is 12.0 Å². The van der Waals surface area contributed by atoms with Gasteiger partial charge in [0.2, 0.25) is 5.91 Å².